The molecular weight excluding hydrogens is 243 g/mol. The van der Waals surface area contributed by atoms with Crippen LogP contribution in [-0.4, -0.2) is 18.5 Å². The summed E-state index contributed by atoms with van der Waals surface area (Å²) in [5.41, 5.74) is 5.62. The van der Waals surface area contributed by atoms with E-state index in [2.05, 4.69) is 0 Å². The summed E-state index contributed by atoms with van der Waals surface area (Å²) >= 11 is 0. The molecule has 18 heavy (non-hydrogen) atoms. The molecule has 0 aliphatic heterocycles. The molecule has 0 aromatic carbocycles. The largest absolute Gasteiger partial charge is 0.389 e. The first-order chi connectivity index (χ1) is 8.37. The number of hydrogen-bond acceptors (Lipinski definition) is 2. The summed E-state index contributed by atoms with van der Waals surface area (Å²) < 4.78 is 35.9. The zero-order chi connectivity index (χ0) is 13.6. The minimum Gasteiger partial charge on any atom is -0.330 e. The molecule has 0 amide bonds. The number of rotatable bonds is 6. The zero-order valence-electron chi connectivity index (χ0n) is 10.7. The van der Waals surface area contributed by atoms with Crippen LogP contribution in [0.25, 0.3) is 0 Å². The first-order valence-electron chi connectivity index (χ1n) is 6.65. The molecule has 1 saturated carbocycles. The van der Waals surface area contributed by atoms with E-state index in [9.17, 15) is 18.0 Å². The van der Waals surface area contributed by atoms with E-state index in [0.29, 0.717) is 13.0 Å². The van der Waals surface area contributed by atoms with E-state index in [1.807, 2.05) is 0 Å². The Kier molecular flexibility index (Phi) is 5.63. The third-order valence-electron chi connectivity index (χ3n) is 3.84. The summed E-state index contributed by atoms with van der Waals surface area (Å²) in [6.07, 6.45) is 0.476. The van der Waals surface area contributed by atoms with Crippen LogP contribution in [0.4, 0.5) is 13.2 Å². The molecule has 1 rings (SSSR count). The molecule has 2 nitrogen and oxygen atoms in total. The number of Topliss-reactive ketones (excluding diaryl/α,β-unsaturated/α-hetero) is 1. The third-order valence-corrected chi connectivity index (χ3v) is 3.84. The Labute approximate surface area is 106 Å². The van der Waals surface area contributed by atoms with E-state index in [4.69, 9.17) is 5.73 Å². The highest BCUT2D eigenvalue weighted by molar-refractivity contribution is 5.79. The van der Waals surface area contributed by atoms with Gasteiger partial charge in [0.15, 0.2) is 0 Å². The number of nitrogens with two attached hydrogens (primary N) is 1. The van der Waals surface area contributed by atoms with Gasteiger partial charge in [-0.25, -0.2) is 0 Å². The molecule has 0 saturated heterocycles. The Morgan fingerprint density at radius 1 is 1.17 bits per heavy atom. The Hall–Kier alpha value is -0.580. The Morgan fingerprint density at radius 2 is 1.78 bits per heavy atom. The summed E-state index contributed by atoms with van der Waals surface area (Å²) in [6, 6.07) is 0. The summed E-state index contributed by atoms with van der Waals surface area (Å²) in [6.45, 7) is 0.470. The van der Waals surface area contributed by atoms with Crippen LogP contribution >= 0.6 is 0 Å². The van der Waals surface area contributed by atoms with Crippen LogP contribution in [0.3, 0.4) is 0 Å². The monoisotopic (exact) mass is 265 g/mol. The van der Waals surface area contributed by atoms with Crippen LogP contribution in [0.1, 0.15) is 57.8 Å². The van der Waals surface area contributed by atoms with Gasteiger partial charge in [0.05, 0.1) is 0 Å². The van der Waals surface area contributed by atoms with E-state index in [-0.39, 0.29) is 24.0 Å². The van der Waals surface area contributed by atoms with Crippen molar-refractivity contribution in [2.75, 3.05) is 6.54 Å². The average molecular weight is 265 g/mol. The molecule has 1 fully saturated rings. The lowest BCUT2D eigenvalue weighted by atomic mass is 9.70. The van der Waals surface area contributed by atoms with E-state index >= 15 is 0 Å². The van der Waals surface area contributed by atoms with Crippen LogP contribution in [0.5, 0.6) is 0 Å². The van der Waals surface area contributed by atoms with Crippen molar-refractivity contribution in [3.8, 4) is 0 Å². The summed E-state index contributed by atoms with van der Waals surface area (Å²) in [4.78, 5) is 11.7. The highest BCUT2D eigenvalue weighted by atomic mass is 19.4. The lowest BCUT2D eigenvalue weighted by Gasteiger charge is -2.35. The Bertz CT molecular complexity index is 270. The van der Waals surface area contributed by atoms with Crippen molar-refractivity contribution in [2.45, 2.75) is 64.0 Å². The normalized spacial score (nSPS) is 19.8. The van der Waals surface area contributed by atoms with Crippen molar-refractivity contribution in [2.24, 2.45) is 11.1 Å². The highest BCUT2D eigenvalue weighted by Gasteiger charge is 2.33. The molecule has 0 aromatic heterocycles. The van der Waals surface area contributed by atoms with Crippen molar-refractivity contribution in [1.82, 2.24) is 0 Å². The fourth-order valence-electron chi connectivity index (χ4n) is 2.75. The number of halogens is 3. The predicted octanol–water partition coefficient (Wildman–Crippen LogP) is 3.59. The van der Waals surface area contributed by atoms with Crippen LogP contribution in [0, 0.1) is 5.41 Å². The second-order valence-corrected chi connectivity index (χ2v) is 5.45. The second-order valence-electron chi connectivity index (χ2n) is 5.45. The first-order valence-corrected chi connectivity index (χ1v) is 6.65. The molecule has 0 bridgehead atoms. The Morgan fingerprint density at radius 3 is 2.28 bits per heavy atom. The molecule has 0 unspecified atom stereocenters. The molecule has 5 heteroatoms. The van der Waals surface area contributed by atoms with Crippen LogP contribution in [0.2, 0.25) is 0 Å². The third kappa shape index (κ3) is 5.38. The minimum atomic E-state index is -4.16. The smallest absolute Gasteiger partial charge is 0.330 e. The summed E-state index contributed by atoms with van der Waals surface area (Å²) in [5, 5.41) is 0. The maximum absolute atomic E-state index is 12.0. The van der Waals surface area contributed by atoms with Crippen molar-refractivity contribution >= 4 is 5.78 Å². The van der Waals surface area contributed by atoms with Gasteiger partial charge >= 0.3 is 6.18 Å². The first kappa shape index (κ1) is 15.5. The van der Waals surface area contributed by atoms with Crippen molar-refractivity contribution in [1.29, 1.82) is 0 Å². The van der Waals surface area contributed by atoms with Gasteiger partial charge in [-0.05, 0) is 31.2 Å². The molecule has 0 heterocycles. The van der Waals surface area contributed by atoms with Crippen molar-refractivity contribution < 1.29 is 18.0 Å². The summed E-state index contributed by atoms with van der Waals surface area (Å²) in [5.74, 6) is -0.0633. The zero-order valence-corrected chi connectivity index (χ0v) is 10.7. The highest BCUT2D eigenvalue weighted by Crippen LogP contribution is 2.39. The lowest BCUT2D eigenvalue weighted by molar-refractivity contribution is -0.137. The predicted molar refractivity (Wildman–Crippen MR) is 64.1 cm³/mol. The van der Waals surface area contributed by atoms with Crippen molar-refractivity contribution in [3.63, 3.8) is 0 Å². The number of carbonyl (C=O) groups excluding carboxylic acids is 1. The molecule has 0 atom stereocenters. The van der Waals surface area contributed by atoms with Crippen LogP contribution in [0.15, 0.2) is 0 Å². The molecule has 1 aliphatic carbocycles. The van der Waals surface area contributed by atoms with E-state index in [1.165, 1.54) is 6.42 Å². The maximum atomic E-state index is 12.0. The van der Waals surface area contributed by atoms with Crippen LogP contribution < -0.4 is 5.73 Å². The second kappa shape index (κ2) is 6.55. The summed E-state index contributed by atoms with van der Waals surface area (Å²) in [7, 11) is 0. The van der Waals surface area contributed by atoms with Gasteiger partial charge in [-0.1, -0.05) is 19.3 Å². The van der Waals surface area contributed by atoms with Gasteiger partial charge in [0.25, 0.3) is 0 Å². The number of carbonyl (C=O) groups is 1. The fraction of sp³-hybridized carbons (Fsp3) is 0.923. The molecule has 0 radical (unpaired) electrons. The number of ketones is 1. The van der Waals surface area contributed by atoms with Gasteiger partial charge in [-0.3, -0.25) is 4.79 Å². The fourth-order valence-corrected chi connectivity index (χ4v) is 2.75. The minimum absolute atomic E-state index is 0.0290. The molecule has 106 valence electrons. The van der Waals surface area contributed by atoms with Crippen LogP contribution in [-0.2, 0) is 4.79 Å². The van der Waals surface area contributed by atoms with E-state index in [1.54, 1.807) is 0 Å². The number of hydrogen-bond donors (Lipinski definition) is 1. The standard InChI is InChI=1S/C13H22F3NO/c14-13(15,16)8-4-5-11(18)9-12(10-17)6-2-1-3-7-12/h1-10,17H2. The molecule has 2 N–H and O–H groups in total. The van der Waals surface area contributed by atoms with Gasteiger partial charge in [-0.15, -0.1) is 0 Å². The molecule has 0 spiro atoms. The van der Waals surface area contributed by atoms with E-state index in [0.717, 1.165) is 25.7 Å². The maximum Gasteiger partial charge on any atom is 0.389 e. The van der Waals surface area contributed by atoms with Gasteiger partial charge in [0.1, 0.15) is 5.78 Å². The SMILES string of the molecule is NCC1(CC(=O)CCCC(F)(F)F)CCCCC1. The molecule has 1 aliphatic rings. The van der Waals surface area contributed by atoms with Crippen molar-refractivity contribution in [3.05, 3.63) is 0 Å². The lowest BCUT2D eigenvalue weighted by Crippen LogP contribution is -2.35. The average Bonchev–Trinajstić information content (AvgIpc) is 2.28. The molecular formula is C13H22F3NO. The van der Waals surface area contributed by atoms with E-state index < -0.39 is 12.6 Å². The Balaban J connectivity index is 2.33. The van der Waals surface area contributed by atoms with Gasteiger partial charge in [0.2, 0.25) is 0 Å². The van der Waals surface area contributed by atoms with Gasteiger partial charge in [0, 0.05) is 19.3 Å². The quantitative estimate of drug-likeness (QED) is 0.797. The van der Waals surface area contributed by atoms with Gasteiger partial charge in [-0.2, -0.15) is 13.2 Å². The van der Waals surface area contributed by atoms with Gasteiger partial charge < -0.3 is 5.73 Å². The molecule has 0 aromatic rings. The topological polar surface area (TPSA) is 43.1 Å². The number of alkyl halides is 3.